The zero-order valence-electron chi connectivity index (χ0n) is 10.5. The van der Waals surface area contributed by atoms with Crippen LogP contribution in [-0.4, -0.2) is 25.2 Å². The molecule has 0 saturated carbocycles. The van der Waals surface area contributed by atoms with Crippen LogP contribution in [0.4, 0.5) is 0 Å². The van der Waals surface area contributed by atoms with Crippen LogP contribution in [0.25, 0.3) is 11.5 Å². The molecule has 1 atom stereocenters. The fraction of sp³-hybridized carbons (Fsp3) is 0.143. The molecule has 20 heavy (non-hydrogen) atoms. The van der Waals surface area contributed by atoms with Gasteiger partial charge < -0.3 is 9.63 Å². The van der Waals surface area contributed by atoms with Crippen LogP contribution in [0.1, 0.15) is 17.6 Å². The number of rotatable bonds is 4. The highest BCUT2D eigenvalue weighted by molar-refractivity contribution is 5.46. The smallest absolute Gasteiger partial charge is 0.229 e. The van der Waals surface area contributed by atoms with Crippen molar-refractivity contribution in [2.45, 2.75) is 12.5 Å². The molecule has 2 aromatic heterocycles. The lowest BCUT2D eigenvalue weighted by molar-refractivity contribution is 0.165. The van der Waals surface area contributed by atoms with Gasteiger partial charge in [0.25, 0.3) is 0 Å². The van der Waals surface area contributed by atoms with E-state index in [2.05, 4.69) is 20.1 Å². The lowest BCUT2D eigenvalue weighted by atomic mass is 10.1. The lowest BCUT2D eigenvalue weighted by Gasteiger charge is -2.07. The molecular weight excluding hydrogens is 256 g/mol. The molecule has 0 radical (unpaired) electrons. The average molecular weight is 268 g/mol. The van der Waals surface area contributed by atoms with Crippen molar-refractivity contribution >= 4 is 0 Å². The number of benzene rings is 1. The molecule has 0 fully saturated rings. The Hall–Kier alpha value is -2.60. The van der Waals surface area contributed by atoms with Crippen molar-refractivity contribution < 1.29 is 9.63 Å². The summed E-state index contributed by atoms with van der Waals surface area (Å²) in [5, 5.41) is 13.9. The highest BCUT2D eigenvalue weighted by Crippen LogP contribution is 2.18. The molecule has 1 aromatic carbocycles. The monoisotopic (exact) mass is 268 g/mol. The second-order valence-corrected chi connectivity index (χ2v) is 4.24. The third-order valence-electron chi connectivity index (χ3n) is 2.83. The Labute approximate surface area is 115 Å². The second-order valence-electron chi connectivity index (χ2n) is 4.24. The van der Waals surface area contributed by atoms with E-state index in [4.69, 9.17) is 4.52 Å². The molecule has 3 aromatic rings. The van der Waals surface area contributed by atoms with Crippen molar-refractivity contribution in [1.82, 2.24) is 20.1 Å². The fourth-order valence-electron chi connectivity index (χ4n) is 1.82. The Morgan fingerprint density at radius 3 is 2.75 bits per heavy atom. The Morgan fingerprint density at radius 1 is 1.15 bits per heavy atom. The van der Waals surface area contributed by atoms with Gasteiger partial charge in [-0.1, -0.05) is 35.5 Å². The average Bonchev–Trinajstić information content (AvgIpc) is 2.97. The number of hydrogen-bond donors (Lipinski definition) is 1. The number of aliphatic hydroxyl groups is 1. The van der Waals surface area contributed by atoms with E-state index in [9.17, 15) is 5.11 Å². The molecule has 2 heterocycles. The van der Waals surface area contributed by atoms with Crippen LogP contribution in [0, 0.1) is 0 Å². The highest BCUT2D eigenvalue weighted by atomic mass is 16.5. The third-order valence-corrected chi connectivity index (χ3v) is 2.83. The zero-order valence-corrected chi connectivity index (χ0v) is 10.5. The molecule has 0 aliphatic carbocycles. The van der Waals surface area contributed by atoms with Gasteiger partial charge in [-0.15, -0.1) is 0 Å². The minimum Gasteiger partial charge on any atom is -0.388 e. The van der Waals surface area contributed by atoms with Gasteiger partial charge in [-0.2, -0.15) is 4.98 Å². The van der Waals surface area contributed by atoms with E-state index in [1.807, 2.05) is 30.3 Å². The standard InChI is InChI=1S/C14H12N4O2/c19-12(10-4-2-1-3-5-10)8-13-17-14(18-20-13)11-6-7-15-9-16-11/h1-7,9,12,19H,8H2. The zero-order chi connectivity index (χ0) is 13.8. The van der Waals surface area contributed by atoms with Crippen molar-refractivity contribution in [3.05, 3.63) is 60.4 Å². The maximum Gasteiger partial charge on any atom is 0.229 e. The lowest BCUT2D eigenvalue weighted by Crippen LogP contribution is -2.01. The van der Waals surface area contributed by atoms with Crippen molar-refractivity contribution in [2.24, 2.45) is 0 Å². The molecule has 0 aliphatic heterocycles. The molecule has 0 spiro atoms. The van der Waals surface area contributed by atoms with Gasteiger partial charge in [-0.25, -0.2) is 9.97 Å². The summed E-state index contributed by atoms with van der Waals surface area (Å²) in [4.78, 5) is 12.1. The summed E-state index contributed by atoms with van der Waals surface area (Å²) in [5.41, 5.74) is 1.40. The van der Waals surface area contributed by atoms with E-state index in [1.165, 1.54) is 6.33 Å². The summed E-state index contributed by atoms with van der Waals surface area (Å²) < 4.78 is 5.13. The molecule has 6 nitrogen and oxygen atoms in total. The maximum absolute atomic E-state index is 10.1. The van der Waals surface area contributed by atoms with Crippen LogP contribution >= 0.6 is 0 Å². The van der Waals surface area contributed by atoms with Crippen molar-refractivity contribution in [3.8, 4) is 11.5 Å². The summed E-state index contributed by atoms with van der Waals surface area (Å²) in [6.07, 6.45) is 2.62. The topological polar surface area (TPSA) is 84.9 Å². The Morgan fingerprint density at radius 2 is 2.00 bits per heavy atom. The number of hydrogen-bond acceptors (Lipinski definition) is 6. The second kappa shape index (κ2) is 5.58. The minimum absolute atomic E-state index is 0.266. The molecule has 0 amide bonds. The van der Waals surface area contributed by atoms with Gasteiger partial charge in [0.05, 0.1) is 12.5 Å². The van der Waals surface area contributed by atoms with E-state index in [0.29, 0.717) is 17.4 Å². The molecule has 100 valence electrons. The van der Waals surface area contributed by atoms with Crippen molar-refractivity contribution in [1.29, 1.82) is 0 Å². The fourth-order valence-corrected chi connectivity index (χ4v) is 1.82. The van der Waals surface area contributed by atoms with Crippen LogP contribution in [0.3, 0.4) is 0 Å². The van der Waals surface area contributed by atoms with E-state index < -0.39 is 6.10 Å². The molecule has 1 N–H and O–H groups in total. The molecule has 6 heteroatoms. The molecule has 3 rings (SSSR count). The van der Waals surface area contributed by atoms with Gasteiger partial charge in [0.1, 0.15) is 12.0 Å². The summed E-state index contributed by atoms with van der Waals surface area (Å²) in [6.45, 7) is 0. The Balaban J connectivity index is 1.75. The van der Waals surface area contributed by atoms with Gasteiger partial charge in [0, 0.05) is 6.20 Å². The first-order valence-electron chi connectivity index (χ1n) is 6.15. The van der Waals surface area contributed by atoms with Crippen LogP contribution in [-0.2, 0) is 6.42 Å². The molecular formula is C14H12N4O2. The first kappa shape index (κ1) is 12.4. The summed E-state index contributed by atoms with van der Waals surface area (Å²) in [7, 11) is 0. The highest BCUT2D eigenvalue weighted by Gasteiger charge is 2.15. The van der Waals surface area contributed by atoms with Crippen molar-refractivity contribution in [3.63, 3.8) is 0 Å². The minimum atomic E-state index is -0.671. The summed E-state index contributed by atoms with van der Waals surface area (Å²) >= 11 is 0. The number of aromatic nitrogens is 4. The number of nitrogens with zero attached hydrogens (tertiary/aromatic N) is 4. The largest absolute Gasteiger partial charge is 0.388 e. The summed E-state index contributed by atoms with van der Waals surface area (Å²) in [6, 6.07) is 11.1. The van der Waals surface area contributed by atoms with Gasteiger partial charge >= 0.3 is 0 Å². The predicted molar refractivity (Wildman–Crippen MR) is 70.4 cm³/mol. The summed E-state index contributed by atoms with van der Waals surface area (Å²) in [5.74, 6) is 0.762. The van der Waals surface area contributed by atoms with E-state index in [-0.39, 0.29) is 6.42 Å². The predicted octanol–water partition coefficient (Wildman–Crippen LogP) is 1.80. The Bertz CT molecular complexity index is 670. The number of aliphatic hydroxyl groups excluding tert-OH is 1. The molecule has 0 aliphatic rings. The maximum atomic E-state index is 10.1. The van der Waals surface area contributed by atoms with Crippen LogP contribution in [0.5, 0.6) is 0 Å². The molecule has 0 saturated heterocycles. The first-order valence-corrected chi connectivity index (χ1v) is 6.15. The quantitative estimate of drug-likeness (QED) is 0.776. The third kappa shape index (κ3) is 2.70. The van der Waals surface area contributed by atoms with E-state index in [1.54, 1.807) is 12.3 Å². The van der Waals surface area contributed by atoms with E-state index in [0.717, 1.165) is 5.56 Å². The van der Waals surface area contributed by atoms with Crippen LogP contribution in [0.15, 0.2) is 53.4 Å². The van der Waals surface area contributed by atoms with Gasteiger partial charge in [0.15, 0.2) is 0 Å². The van der Waals surface area contributed by atoms with Gasteiger partial charge in [-0.05, 0) is 11.6 Å². The van der Waals surface area contributed by atoms with Crippen LogP contribution in [0.2, 0.25) is 0 Å². The Kier molecular flexibility index (Phi) is 3.47. The van der Waals surface area contributed by atoms with Crippen molar-refractivity contribution in [2.75, 3.05) is 0 Å². The van der Waals surface area contributed by atoms with E-state index >= 15 is 0 Å². The first-order chi connectivity index (χ1) is 9.83. The normalized spacial score (nSPS) is 12.2. The molecule has 0 bridgehead atoms. The van der Waals surface area contributed by atoms with Gasteiger partial charge in [0.2, 0.25) is 11.7 Å². The SMILES string of the molecule is OC(Cc1nc(-c2ccncn2)no1)c1ccccc1. The molecule has 1 unspecified atom stereocenters. The van der Waals surface area contributed by atoms with Crippen LogP contribution < -0.4 is 0 Å². The van der Waals surface area contributed by atoms with Gasteiger partial charge in [-0.3, -0.25) is 0 Å².